The summed E-state index contributed by atoms with van der Waals surface area (Å²) in [6.45, 7) is 3.24. The molecule has 1 fully saturated rings. The number of nitrogens with one attached hydrogen (secondary N) is 1. The van der Waals surface area contributed by atoms with E-state index in [0.29, 0.717) is 11.8 Å². The fraction of sp³-hybridized carbons (Fsp3) is 0.526. The summed E-state index contributed by atoms with van der Waals surface area (Å²) in [4.78, 5) is 30.3. The molecule has 1 aromatic rings. The van der Waals surface area contributed by atoms with E-state index in [1.807, 2.05) is 26.1 Å². The third-order valence-corrected chi connectivity index (χ3v) is 4.53. The summed E-state index contributed by atoms with van der Waals surface area (Å²) in [6.07, 6.45) is 5.79. The molecule has 0 aromatic heterocycles. The van der Waals surface area contributed by atoms with Gasteiger partial charge in [0.15, 0.2) is 6.61 Å². The van der Waals surface area contributed by atoms with Crippen LogP contribution < -0.4 is 5.32 Å². The summed E-state index contributed by atoms with van der Waals surface area (Å²) in [7, 11) is 1.85. The standard InChI is InChI=1S/C19H27N3O3/c1-14(16-9-11-17(12-10-16)20-15(2)23)21-25-13-19(24)22(3)18-7-5-4-6-8-18/h9-12,18H,4-8,13H2,1-3H3,(H,20,23)/b21-14+. The predicted octanol–water partition coefficient (Wildman–Crippen LogP) is 3.18. The Balaban J connectivity index is 1.83. The molecule has 0 bridgehead atoms. The van der Waals surface area contributed by atoms with Crippen LogP contribution >= 0.6 is 0 Å². The Kier molecular flexibility index (Phi) is 6.98. The Morgan fingerprint density at radius 1 is 1.16 bits per heavy atom. The van der Waals surface area contributed by atoms with Gasteiger partial charge in [0.1, 0.15) is 0 Å². The van der Waals surface area contributed by atoms with Gasteiger partial charge in [-0.3, -0.25) is 9.59 Å². The first kappa shape index (κ1) is 19.0. The minimum absolute atomic E-state index is 0.0375. The summed E-state index contributed by atoms with van der Waals surface area (Å²) in [5.74, 6) is -0.147. The Morgan fingerprint density at radius 2 is 1.80 bits per heavy atom. The van der Waals surface area contributed by atoms with Gasteiger partial charge in [-0.2, -0.15) is 0 Å². The lowest BCUT2D eigenvalue weighted by atomic mass is 9.94. The van der Waals surface area contributed by atoms with E-state index in [9.17, 15) is 9.59 Å². The van der Waals surface area contributed by atoms with Crippen molar-refractivity contribution in [1.82, 2.24) is 4.90 Å². The molecule has 6 heteroatoms. The maximum Gasteiger partial charge on any atom is 0.263 e. The predicted molar refractivity (Wildman–Crippen MR) is 98.6 cm³/mol. The van der Waals surface area contributed by atoms with Crippen LogP contribution in [0.25, 0.3) is 0 Å². The molecule has 1 aromatic carbocycles. The quantitative estimate of drug-likeness (QED) is 0.636. The first-order valence-corrected chi connectivity index (χ1v) is 8.77. The number of anilines is 1. The average molecular weight is 345 g/mol. The van der Waals surface area contributed by atoms with Crippen molar-refractivity contribution in [1.29, 1.82) is 0 Å². The second kappa shape index (κ2) is 9.20. The number of benzene rings is 1. The van der Waals surface area contributed by atoms with Gasteiger partial charge in [0, 0.05) is 25.7 Å². The lowest BCUT2D eigenvalue weighted by Gasteiger charge is -2.30. The molecule has 1 aliphatic carbocycles. The van der Waals surface area contributed by atoms with Crippen LogP contribution in [0.15, 0.2) is 29.4 Å². The van der Waals surface area contributed by atoms with Crippen molar-refractivity contribution in [3.05, 3.63) is 29.8 Å². The molecule has 0 heterocycles. The Labute approximate surface area is 149 Å². The van der Waals surface area contributed by atoms with Crippen LogP contribution in [-0.2, 0) is 14.4 Å². The average Bonchev–Trinajstić information content (AvgIpc) is 2.61. The molecule has 1 aliphatic rings. The van der Waals surface area contributed by atoms with Gasteiger partial charge in [-0.25, -0.2) is 0 Å². The molecular weight excluding hydrogens is 318 g/mol. The monoisotopic (exact) mass is 345 g/mol. The number of hydrogen-bond donors (Lipinski definition) is 1. The van der Waals surface area contributed by atoms with E-state index >= 15 is 0 Å². The number of carbonyl (C=O) groups is 2. The fourth-order valence-corrected chi connectivity index (χ4v) is 3.01. The van der Waals surface area contributed by atoms with Crippen molar-refractivity contribution in [2.75, 3.05) is 19.0 Å². The third kappa shape index (κ3) is 5.89. The Bertz CT molecular complexity index is 619. The van der Waals surface area contributed by atoms with E-state index in [0.717, 1.165) is 24.1 Å². The van der Waals surface area contributed by atoms with Crippen molar-refractivity contribution >= 4 is 23.2 Å². The van der Waals surface area contributed by atoms with Crippen molar-refractivity contribution in [3.8, 4) is 0 Å². The minimum Gasteiger partial charge on any atom is -0.385 e. The van der Waals surface area contributed by atoms with E-state index in [4.69, 9.17) is 4.84 Å². The van der Waals surface area contributed by atoms with Gasteiger partial charge in [-0.15, -0.1) is 0 Å². The van der Waals surface area contributed by atoms with Gasteiger partial charge >= 0.3 is 0 Å². The van der Waals surface area contributed by atoms with Crippen molar-refractivity contribution < 1.29 is 14.4 Å². The molecule has 1 saturated carbocycles. The zero-order valence-electron chi connectivity index (χ0n) is 15.2. The lowest BCUT2D eigenvalue weighted by molar-refractivity contribution is -0.137. The highest BCUT2D eigenvalue weighted by atomic mass is 16.6. The summed E-state index contributed by atoms with van der Waals surface area (Å²) in [5.41, 5.74) is 2.29. The number of nitrogens with zero attached hydrogens (tertiary/aromatic N) is 2. The maximum atomic E-state index is 12.2. The SMILES string of the molecule is CC(=O)Nc1ccc(/C(C)=N/OCC(=O)N(C)C2CCCCC2)cc1. The van der Waals surface area contributed by atoms with E-state index in [1.54, 1.807) is 17.0 Å². The van der Waals surface area contributed by atoms with Crippen LogP contribution in [0.2, 0.25) is 0 Å². The fourth-order valence-electron chi connectivity index (χ4n) is 3.01. The lowest BCUT2D eigenvalue weighted by Crippen LogP contribution is -2.40. The number of amides is 2. The molecule has 0 saturated heterocycles. The molecular formula is C19H27N3O3. The topological polar surface area (TPSA) is 71.0 Å². The van der Waals surface area contributed by atoms with E-state index < -0.39 is 0 Å². The normalized spacial score (nSPS) is 15.6. The molecule has 0 aliphatic heterocycles. The number of oxime groups is 1. The van der Waals surface area contributed by atoms with Crippen LogP contribution in [0, 0.1) is 0 Å². The van der Waals surface area contributed by atoms with Crippen molar-refractivity contribution in [2.24, 2.45) is 5.16 Å². The molecule has 0 spiro atoms. The third-order valence-electron chi connectivity index (χ3n) is 4.53. The first-order chi connectivity index (χ1) is 12.0. The number of likely N-dealkylation sites (N-methyl/N-ethyl adjacent to an activating group) is 1. The molecule has 2 amide bonds. The van der Waals surface area contributed by atoms with E-state index in [2.05, 4.69) is 10.5 Å². The highest BCUT2D eigenvalue weighted by Crippen LogP contribution is 2.21. The Morgan fingerprint density at radius 3 is 2.40 bits per heavy atom. The van der Waals surface area contributed by atoms with Crippen LogP contribution in [0.5, 0.6) is 0 Å². The van der Waals surface area contributed by atoms with E-state index in [-0.39, 0.29) is 18.4 Å². The molecule has 136 valence electrons. The van der Waals surface area contributed by atoms with Crippen LogP contribution in [0.3, 0.4) is 0 Å². The number of carbonyl (C=O) groups excluding carboxylic acids is 2. The largest absolute Gasteiger partial charge is 0.385 e. The highest BCUT2D eigenvalue weighted by Gasteiger charge is 2.22. The van der Waals surface area contributed by atoms with Gasteiger partial charge < -0.3 is 15.1 Å². The highest BCUT2D eigenvalue weighted by molar-refractivity contribution is 5.99. The van der Waals surface area contributed by atoms with Gasteiger partial charge in [0.25, 0.3) is 5.91 Å². The molecule has 0 unspecified atom stereocenters. The van der Waals surface area contributed by atoms with Crippen molar-refractivity contribution in [3.63, 3.8) is 0 Å². The summed E-state index contributed by atoms with van der Waals surface area (Å²) in [5, 5.41) is 6.75. The first-order valence-electron chi connectivity index (χ1n) is 8.77. The van der Waals surface area contributed by atoms with Gasteiger partial charge in [0.2, 0.25) is 5.91 Å². The van der Waals surface area contributed by atoms with E-state index in [1.165, 1.54) is 26.2 Å². The zero-order valence-corrected chi connectivity index (χ0v) is 15.2. The van der Waals surface area contributed by atoms with Gasteiger partial charge in [-0.05, 0) is 37.5 Å². The van der Waals surface area contributed by atoms with Crippen LogP contribution in [0.1, 0.15) is 51.5 Å². The van der Waals surface area contributed by atoms with Crippen LogP contribution in [0.4, 0.5) is 5.69 Å². The van der Waals surface area contributed by atoms with Gasteiger partial charge in [0.05, 0.1) is 5.71 Å². The molecule has 25 heavy (non-hydrogen) atoms. The summed E-state index contributed by atoms with van der Waals surface area (Å²) >= 11 is 0. The Hall–Kier alpha value is -2.37. The van der Waals surface area contributed by atoms with Crippen LogP contribution in [-0.4, -0.2) is 42.1 Å². The minimum atomic E-state index is -0.109. The maximum absolute atomic E-state index is 12.2. The molecule has 0 radical (unpaired) electrons. The molecule has 1 N–H and O–H groups in total. The van der Waals surface area contributed by atoms with Gasteiger partial charge in [-0.1, -0.05) is 36.6 Å². The summed E-state index contributed by atoms with van der Waals surface area (Å²) < 4.78 is 0. The molecule has 6 nitrogen and oxygen atoms in total. The summed E-state index contributed by atoms with van der Waals surface area (Å²) in [6, 6.07) is 7.64. The number of hydrogen-bond acceptors (Lipinski definition) is 4. The second-order valence-electron chi connectivity index (χ2n) is 6.51. The molecule has 2 rings (SSSR count). The molecule has 0 atom stereocenters. The smallest absolute Gasteiger partial charge is 0.263 e. The van der Waals surface area contributed by atoms with Crippen molar-refractivity contribution in [2.45, 2.75) is 52.0 Å². The zero-order chi connectivity index (χ0) is 18.2. The number of rotatable bonds is 6. The second-order valence-corrected chi connectivity index (χ2v) is 6.51.